The van der Waals surface area contributed by atoms with E-state index < -0.39 is 9.04 Å². The van der Waals surface area contributed by atoms with Gasteiger partial charge in [0.05, 0.1) is 5.60 Å². The van der Waals surface area contributed by atoms with Crippen molar-refractivity contribution in [2.45, 2.75) is 59.2 Å². The number of terminal acetylenes is 1. The van der Waals surface area contributed by atoms with Crippen LogP contribution in [0.3, 0.4) is 0 Å². The molecule has 0 saturated carbocycles. The molecule has 0 aromatic rings. The topological polar surface area (TPSA) is 9.23 Å². The first-order valence-corrected chi connectivity index (χ1v) is 9.43. The second-order valence-electron chi connectivity index (χ2n) is 6.51. The standard InChI is InChI=1S/C16H26OSi/c1-9-10-14-12(2)11-16(13(14)3,15(4,5)6)17-18(7)8/h1,18H,2,10-11H2,3-8H3/t16-/m1/s1. The molecule has 1 atom stereocenters. The first-order valence-electron chi connectivity index (χ1n) is 6.65. The van der Waals surface area contributed by atoms with Gasteiger partial charge in [0.1, 0.15) is 0 Å². The SMILES string of the molecule is C#CCC1=C(C)[C@@](O[SiH](C)C)(C(C)(C)C)CC1=C. The van der Waals surface area contributed by atoms with Gasteiger partial charge in [-0.2, -0.15) is 0 Å². The average molecular weight is 262 g/mol. The lowest BCUT2D eigenvalue weighted by Gasteiger charge is -2.45. The predicted molar refractivity (Wildman–Crippen MR) is 82.1 cm³/mol. The third kappa shape index (κ3) is 2.48. The molecule has 0 N–H and O–H groups in total. The molecule has 0 aliphatic heterocycles. The van der Waals surface area contributed by atoms with Gasteiger partial charge in [-0.1, -0.05) is 27.4 Å². The molecule has 0 amide bonds. The first kappa shape index (κ1) is 15.3. The Hall–Kier alpha value is -0.783. The number of hydrogen-bond acceptors (Lipinski definition) is 1. The molecule has 18 heavy (non-hydrogen) atoms. The molecule has 0 spiro atoms. The number of hydrogen-bond donors (Lipinski definition) is 0. The minimum Gasteiger partial charge on any atom is -0.411 e. The maximum absolute atomic E-state index is 6.47. The third-order valence-corrected chi connectivity index (χ3v) is 4.75. The van der Waals surface area contributed by atoms with Gasteiger partial charge in [-0.3, -0.25) is 0 Å². The maximum Gasteiger partial charge on any atom is 0.172 e. The highest BCUT2D eigenvalue weighted by molar-refractivity contribution is 6.48. The monoisotopic (exact) mass is 262 g/mol. The van der Waals surface area contributed by atoms with Crippen molar-refractivity contribution < 1.29 is 4.43 Å². The summed E-state index contributed by atoms with van der Waals surface area (Å²) in [5.74, 6) is 2.75. The normalized spacial score (nSPS) is 24.9. The lowest BCUT2D eigenvalue weighted by molar-refractivity contribution is 0.00495. The molecule has 1 nitrogen and oxygen atoms in total. The molecular weight excluding hydrogens is 236 g/mol. The highest BCUT2D eigenvalue weighted by atomic mass is 28.3. The summed E-state index contributed by atoms with van der Waals surface area (Å²) in [5, 5.41) is 0. The molecule has 1 aliphatic rings. The highest BCUT2D eigenvalue weighted by Gasteiger charge is 2.49. The van der Waals surface area contributed by atoms with Crippen LogP contribution in [0.4, 0.5) is 0 Å². The molecule has 1 rings (SSSR count). The highest BCUT2D eigenvalue weighted by Crippen LogP contribution is 2.52. The smallest absolute Gasteiger partial charge is 0.172 e. The minimum absolute atomic E-state index is 0.0631. The Morgan fingerprint density at radius 1 is 1.44 bits per heavy atom. The third-order valence-electron chi connectivity index (χ3n) is 3.87. The van der Waals surface area contributed by atoms with Gasteiger partial charge in [-0.25, -0.2) is 0 Å². The lowest BCUT2D eigenvalue weighted by Crippen LogP contribution is -2.47. The number of allylic oxidation sites excluding steroid dienone is 1. The molecule has 1 aliphatic carbocycles. The molecule has 2 heteroatoms. The lowest BCUT2D eigenvalue weighted by atomic mass is 9.72. The van der Waals surface area contributed by atoms with Gasteiger partial charge in [0.15, 0.2) is 9.04 Å². The van der Waals surface area contributed by atoms with Crippen LogP contribution in [-0.4, -0.2) is 14.6 Å². The second-order valence-corrected chi connectivity index (χ2v) is 8.84. The average Bonchev–Trinajstić information content (AvgIpc) is 2.42. The fourth-order valence-corrected chi connectivity index (χ4v) is 4.36. The van der Waals surface area contributed by atoms with E-state index in [0.29, 0.717) is 6.42 Å². The summed E-state index contributed by atoms with van der Waals surface area (Å²) in [5.41, 5.74) is 3.57. The van der Waals surface area contributed by atoms with E-state index in [-0.39, 0.29) is 11.0 Å². The molecule has 100 valence electrons. The quantitative estimate of drug-likeness (QED) is 0.550. The molecule has 0 aromatic carbocycles. The molecule has 0 bridgehead atoms. The van der Waals surface area contributed by atoms with Crippen LogP contribution in [0.25, 0.3) is 0 Å². The van der Waals surface area contributed by atoms with Crippen LogP contribution >= 0.6 is 0 Å². The Balaban J connectivity index is 3.32. The van der Waals surface area contributed by atoms with E-state index >= 15 is 0 Å². The van der Waals surface area contributed by atoms with Crippen molar-refractivity contribution >= 4 is 9.04 Å². The summed E-state index contributed by atoms with van der Waals surface area (Å²) in [6, 6.07) is 0. The summed E-state index contributed by atoms with van der Waals surface area (Å²) in [4.78, 5) is 0. The molecule has 0 fully saturated rings. The van der Waals surface area contributed by atoms with Crippen LogP contribution in [0.15, 0.2) is 23.3 Å². The zero-order valence-electron chi connectivity index (χ0n) is 12.7. The fourth-order valence-electron chi connectivity index (χ4n) is 2.95. The van der Waals surface area contributed by atoms with E-state index in [1.165, 1.54) is 11.1 Å². The van der Waals surface area contributed by atoms with Crippen LogP contribution < -0.4 is 0 Å². The first-order chi connectivity index (χ1) is 8.15. The van der Waals surface area contributed by atoms with E-state index in [1.807, 2.05) is 0 Å². The summed E-state index contributed by atoms with van der Waals surface area (Å²) in [6.07, 6.45) is 7.04. The zero-order valence-corrected chi connectivity index (χ0v) is 13.8. The molecule has 0 unspecified atom stereocenters. The van der Waals surface area contributed by atoms with Crippen LogP contribution in [0.5, 0.6) is 0 Å². The van der Waals surface area contributed by atoms with Crippen molar-refractivity contribution in [1.82, 2.24) is 0 Å². The molecule has 0 aromatic heterocycles. The summed E-state index contributed by atoms with van der Waals surface area (Å²) >= 11 is 0. The molecule has 0 saturated heterocycles. The summed E-state index contributed by atoms with van der Waals surface area (Å²) in [7, 11) is -1.13. The van der Waals surface area contributed by atoms with E-state index in [9.17, 15) is 0 Å². The van der Waals surface area contributed by atoms with Gasteiger partial charge < -0.3 is 4.43 Å². The van der Waals surface area contributed by atoms with E-state index in [1.54, 1.807) is 0 Å². The van der Waals surface area contributed by atoms with Gasteiger partial charge in [0.2, 0.25) is 0 Å². The van der Waals surface area contributed by atoms with E-state index in [2.05, 4.69) is 53.3 Å². The van der Waals surface area contributed by atoms with Crippen molar-refractivity contribution in [2.75, 3.05) is 0 Å². The minimum atomic E-state index is -1.13. The molecular formula is C16H26OSi. The molecule has 0 radical (unpaired) electrons. The van der Waals surface area contributed by atoms with Crippen LogP contribution in [0.1, 0.15) is 40.5 Å². The molecule has 0 heterocycles. The largest absolute Gasteiger partial charge is 0.411 e. The van der Waals surface area contributed by atoms with Gasteiger partial charge in [0.25, 0.3) is 0 Å². The Morgan fingerprint density at radius 2 is 2.00 bits per heavy atom. The Bertz CT molecular complexity index is 417. The van der Waals surface area contributed by atoms with Gasteiger partial charge in [-0.05, 0) is 42.2 Å². The van der Waals surface area contributed by atoms with Crippen molar-refractivity contribution in [2.24, 2.45) is 5.41 Å². The number of rotatable bonds is 3. The predicted octanol–water partition coefficient (Wildman–Crippen LogP) is 4.07. The van der Waals surface area contributed by atoms with Crippen molar-refractivity contribution in [3.8, 4) is 12.3 Å². The van der Waals surface area contributed by atoms with Crippen LogP contribution in [0, 0.1) is 17.8 Å². The van der Waals surface area contributed by atoms with Crippen molar-refractivity contribution in [3.05, 3.63) is 23.3 Å². The fraction of sp³-hybridized carbons (Fsp3) is 0.625. The van der Waals surface area contributed by atoms with E-state index in [0.717, 1.165) is 12.0 Å². The summed E-state index contributed by atoms with van der Waals surface area (Å²) in [6.45, 7) is 17.6. The maximum atomic E-state index is 6.47. The van der Waals surface area contributed by atoms with E-state index in [4.69, 9.17) is 10.8 Å². The van der Waals surface area contributed by atoms with Crippen LogP contribution in [-0.2, 0) is 4.43 Å². The van der Waals surface area contributed by atoms with Crippen LogP contribution in [0.2, 0.25) is 13.1 Å². The van der Waals surface area contributed by atoms with Gasteiger partial charge in [-0.15, -0.1) is 12.3 Å². The van der Waals surface area contributed by atoms with Gasteiger partial charge in [0, 0.05) is 12.8 Å². The Morgan fingerprint density at radius 3 is 2.39 bits per heavy atom. The second kappa shape index (κ2) is 5.07. The zero-order chi connectivity index (χ0) is 14.1. The Kier molecular flexibility index (Phi) is 4.30. The van der Waals surface area contributed by atoms with Crippen molar-refractivity contribution in [3.63, 3.8) is 0 Å². The summed E-state index contributed by atoms with van der Waals surface area (Å²) < 4.78 is 6.47. The van der Waals surface area contributed by atoms with Gasteiger partial charge >= 0.3 is 0 Å². The van der Waals surface area contributed by atoms with Crippen molar-refractivity contribution in [1.29, 1.82) is 0 Å². The Labute approximate surface area is 114 Å².